The van der Waals surface area contributed by atoms with Gasteiger partial charge >= 0.3 is 35.8 Å². The van der Waals surface area contributed by atoms with Crippen molar-refractivity contribution in [2.24, 2.45) is 0 Å². The third-order valence-corrected chi connectivity index (χ3v) is 10.7. The van der Waals surface area contributed by atoms with Crippen LogP contribution < -0.4 is 0 Å². The molecule has 364 valence electrons. The first kappa shape index (κ1) is 60.8. The Kier molecular flexibility index (Phi) is 46.3. The van der Waals surface area contributed by atoms with Crippen molar-refractivity contribution in [1.82, 2.24) is 9.80 Å². The van der Waals surface area contributed by atoms with Gasteiger partial charge < -0.3 is 29.9 Å². The molecule has 0 aliphatic carbocycles. The maximum Gasteiger partial charge on any atom is 0.317 e. The molecule has 0 heterocycles. The molecule has 0 aliphatic rings. The second-order valence-corrected chi connectivity index (χ2v) is 16.8. The standard InChI is InChI=1S/C38H74O4.C10H16N2O8/c1-3-5-7-9-11-13-15-17-19-21-23-25-27-29-31-33-37(39)41-35-36-42-38(40)34-32-30-28-26-24-22-20-18-16-14-12-10-8-6-4-2;13-7(14)3-11(4-8(15)16)1-2-12(5-9(17)18)6-10(19)20/h3-36H2,1-2H3;1-6H2,(H,13,14)(H,15,16)(H,17,18)(H,19,20). The number of ether oxygens (including phenoxy) is 2. The van der Waals surface area contributed by atoms with Crippen LogP contribution in [0.1, 0.15) is 219 Å². The van der Waals surface area contributed by atoms with E-state index in [4.69, 9.17) is 29.9 Å². The third kappa shape index (κ3) is 51.1. The molecule has 4 N–H and O–H groups in total. The van der Waals surface area contributed by atoms with Gasteiger partial charge in [0.15, 0.2) is 0 Å². The lowest BCUT2D eigenvalue weighted by Gasteiger charge is -2.23. The fourth-order valence-electron chi connectivity index (χ4n) is 7.21. The molecule has 62 heavy (non-hydrogen) atoms. The van der Waals surface area contributed by atoms with Crippen molar-refractivity contribution >= 4 is 35.8 Å². The molecular formula is C48H90N2O12. The summed E-state index contributed by atoms with van der Waals surface area (Å²) in [6.45, 7) is 2.67. The number of hydrogen-bond donors (Lipinski definition) is 4. The van der Waals surface area contributed by atoms with E-state index in [-0.39, 0.29) is 38.2 Å². The van der Waals surface area contributed by atoms with Gasteiger partial charge in [0.05, 0.1) is 26.2 Å². The van der Waals surface area contributed by atoms with E-state index >= 15 is 0 Å². The van der Waals surface area contributed by atoms with E-state index in [2.05, 4.69) is 13.8 Å². The van der Waals surface area contributed by atoms with Crippen LogP contribution in [0.25, 0.3) is 0 Å². The largest absolute Gasteiger partial charge is 0.480 e. The van der Waals surface area contributed by atoms with Crippen LogP contribution in [0.2, 0.25) is 0 Å². The minimum absolute atomic E-state index is 0.0703. The van der Waals surface area contributed by atoms with Crippen LogP contribution in [0.4, 0.5) is 0 Å². The zero-order chi connectivity index (χ0) is 46.3. The molecule has 14 nitrogen and oxygen atoms in total. The van der Waals surface area contributed by atoms with Gasteiger partial charge in [-0.15, -0.1) is 0 Å². The second kappa shape index (κ2) is 47.2. The molecule has 0 saturated carbocycles. The van der Waals surface area contributed by atoms with Crippen LogP contribution in [-0.2, 0) is 38.2 Å². The summed E-state index contributed by atoms with van der Waals surface area (Å²) in [5, 5.41) is 34.5. The highest BCUT2D eigenvalue weighted by Gasteiger charge is 2.18. The summed E-state index contributed by atoms with van der Waals surface area (Å²) < 4.78 is 10.5. The van der Waals surface area contributed by atoms with Crippen LogP contribution in [0.15, 0.2) is 0 Å². The molecule has 0 aliphatic heterocycles. The topological polar surface area (TPSA) is 208 Å². The first-order valence-electron chi connectivity index (χ1n) is 24.5. The normalized spacial score (nSPS) is 11.0. The van der Waals surface area contributed by atoms with E-state index in [1.54, 1.807) is 0 Å². The van der Waals surface area contributed by atoms with E-state index in [9.17, 15) is 28.8 Å². The Bertz CT molecular complexity index is 990. The van der Waals surface area contributed by atoms with E-state index < -0.39 is 50.1 Å². The van der Waals surface area contributed by atoms with Gasteiger partial charge in [0.2, 0.25) is 0 Å². The fraction of sp³-hybridized carbons (Fsp3) is 0.875. The lowest BCUT2D eigenvalue weighted by molar-refractivity contribution is -0.152. The van der Waals surface area contributed by atoms with Gasteiger partial charge in [-0.3, -0.25) is 38.6 Å². The van der Waals surface area contributed by atoms with Gasteiger partial charge in [0.1, 0.15) is 13.2 Å². The first-order chi connectivity index (χ1) is 29.9. The summed E-state index contributed by atoms with van der Waals surface area (Å²) in [5.41, 5.74) is 0. The lowest BCUT2D eigenvalue weighted by atomic mass is 10.0. The molecular weight excluding hydrogens is 797 g/mol. The summed E-state index contributed by atoms with van der Waals surface area (Å²) in [5.74, 6) is -5.24. The van der Waals surface area contributed by atoms with Crippen molar-refractivity contribution in [3.63, 3.8) is 0 Å². The number of rotatable bonds is 46. The Morgan fingerprint density at radius 2 is 0.516 bits per heavy atom. The molecule has 0 bridgehead atoms. The minimum Gasteiger partial charge on any atom is -0.480 e. The van der Waals surface area contributed by atoms with E-state index in [1.165, 1.54) is 167 Å². The molecule has 0 aromatic carbocycles. The predicted octanol–water partition coefficient (Wildman–Crippen LogP) is 10.5. The number of carboxylic acids is 4. The zero-order valence-electron chi connectivity index (χ0n) is 39.2. The van der Waals surface area contributed by atoms with Gasteiger partial charge in [-0.05, 0) is 12.8 Å². The van der Waals surface area contributed by atoms with Crippen LogP contribution in [0.3, 0.4) is 0 Å². The average Bonchev–Trinajstić information content (AvgIpc) is 3.20. The van der Waals surface area contributed by atoms with E-state index in [0.717, 1.165) is 35.5 Å². The lowest BCUT2D eigenvalue weighted by Crippen LogP contribution is -2.43. The minimum atomic E-state index is -1.23. The van der Waals surface area contributed by atoms with Crippen molar-refractivity contribution in [1.29, 1.82) is 0 Å². The van der Waals surface area contributed by atoms with Gasteiger partial charge in [0, 0.05) is 25.9 Å². The molecule has 0 aromatic heterocycles. The van der Waals surface area contributed by atoms with E-state index in [1.807, 2.05) is 0 Å². The third-order valence-electron chi connectivity index (χ3n) is 10.7. The molecule has 0 aromatic rings. The molecule has 0 spiro atoms. The number of carboxylic acid groups (broad SMARTS) is 4. The van der Waals surface area contributed by atoms with Crippen molar-refractivity contribution in [2.45, 2.75) is 219 Å². The Balaban J connectivity index is 0. The number of hydrogen-bond acceptors (Lipinski definition) is 10. The number of carbonyl (C=O) groups is 6. The maximum atomic E-state index is 11.9. The van der Waals surface area contributed by atoms with Gasteiger partial charge in [-0.25, -0.2) is 0 Å². The Hall–Kier alpha value is -3.26. The molecule has 0 radical (unpaired) electrons. The Labute approximate surface area is 375 Å². The van der Waals surface area contributed by atoms with Crippen LogP contribution in [0, 0.1) is 0 Å². The maximum absolute atomic E-state index is 11.9. The number of esters is 2. The van der Waals surface area contributed by atoms with Crippen molar-refractivity contribution in [3.8, 4) is 0 Å². The van der Waals surface area contributed by atoms with Gasteiger partial charge in [-0.2, -0.15) is 0 Å². The summed E-state index contributed by atoms with van der Waals surface area (Å²) in [4.78, 5) is 68.1. The van der Waals surface area contributed by atoms with Crippen LogP contribution in [-0.4, -0.2) is 119 Å². The van der Waals surface area contributed by atoms with Crippen molar-refractivity contribution in [2.75, 3.05) is 52.5 Å². The number of nitrogens with zero attached hydrogens (tertiary/aromatic N) is 2. The monoisotopic (exact) mass is 887 g/mol. The first-order valence-corrected chi connectivity index (χ1v) is 24.5. The van der Waals surface area contributed by atoms with Crippen LogP contribution >= 0.6 is 0 Å². The Morgan fingerprint density at radius 3 is 0.710 bits per heavy atom. The molecule has 0 fully saturated rings. The Morgan fingerprint density at radius 1 is 0.323 bits per heavy atom. The zero-order valence-corrected chi connectivity index (χ0v) is 39.2. The van der Waals surface area contributed by atoms with Crippen LogP contribution in [0.5, 0.6) is 0 Å². The highest BCUT2D eigenvalue weighted by molar-refractivity contribution is 5.73. The van der Waals surface area contributed by atoms with E-state index in [0.29, 0.717) is 12.8 Å². The van der Waals surface area contributed by atoms with Gasteiger partial charge in [-0.1, -0.05) is 194 Å². The molecule has 0 unspecified atom stereocenters. The average molecular weight is 887 g/mol. The highest BCUT2D eigenvalue weighted by Crippen LogP contribution is 2.15. The molecule has 14 heteroatoms. The number of unbranched alkanes of at least 4 members (excludes halogenated alkanes) is 28. The summed E-state index contributed by atoms with van der Waals surface area (Å²) in [6.07, 6.45) is 40.5. The quantitative estimate of drug-likeness (QED) is 0.0331. The predicted molar refractivity (Wildman–Crippen MR) is 244 cm³/mol. The summed E-state index contributed by atoms with van der Waals surface area (Å²) in [7, 11) is 0. The second-order valence-electron chi connectivity index (χ2n) is 16.8. The van der Waals surface area contributed by atoms with Crippen molar-refractivity contribution in [3.05, 3.63) is 0 Å². The summed E-state index contributed by atoms with van der Waals surface area (Å²) >= 11 is 0. The molecule has 0 saturated heterocycles. The summed E-state index contributed by atoms with van der Waals surface area (Å²) in [6, 6.07) is 0. The fourth-order valence-corrected chi connectivity index (χ4v) is 7.21. The molecule has 0 atom stereocenters. The SMILES string of the molecule is CCCCCCCCCCCCCCCCCC(=O)OCCOC(=O)CCCCCCCCCCCCCCCCC.O=C(O)CN(CCN(CC(=O)O)CC(=O)O)CC(=O)O. The smallest absolute Gasteiger partial charge is 0.317 e. The molecule has 0 amide bonds. The molecule has 0 rings (SSSR count). The highest BCUT2D eigenvalue weighted by atomic mass is 16.6. The van der Waals surface area contributed by atoms with Gasteiger partial charge in [0.25, 0.3) is 0 Å². The van der Waals surface area contributed by atoms with Crippen molar-refractivity contribution < 1.29 is 58.7 Å². The number of aliphatic carboxylic acids is 4. The number of carbonyl (C=O) groups excluding carboxylic acids is 2.